The standard InChI is InChI=1S/C75H65BN2/c1-71(2,3)43-32-33-64-53(34-43)54-36-45(73(7,8)9)39-62-67(54)77(64)69-57(50-29-21-27-48-47(26-20-28-49(48)50)42-22-14-13-15-23-42)41-61-70-65(69)76(62)63-40-46(74(10,11)12)37-56-55-35-44(72(4,5)6)38-60(66(55)78(70)68(56)63)75(61)58-30-18-16-24-51(58)52-25-17-19-31-59(52)75/h13-41H,1-12H3. The Kier molecular flexibility index (Phi) is 8.79. The van der Waals surface area contributed by atoms with Crippen molar-refractivity contribution < 1.29 is 0 Å². The molecule has 0 N–H and O–H groups in total. The highest BCUT2D eigenvalue weighted by atomic mass is 15.1. The van der Waals surface area contributed by atoms with E-state index < -0.39 is 5.41 Å². The number of fused-ring (bicyclic) bond motifs is 15. The maximum Gasteiger partial charge on any atom is 0.252 e. The van der Waals surface area contributed by atoms with Crippen LogP contribution in [0.2, 0.25) is 0 Å². The van der Waals surface area contributed by atoms with Gasteiger partial charge in [0.25, 0.3) is 6.71 Å². The molecule has 0 unspecified atom stereocenters. The Morgan fingerprint density at radius 2 is 0.808 bits per heavy atom. The number of benzene rings is 10. The minimum Gasteiger partial charge on any atom is -0.310 e. The fourth-order valence-electron chi connectivity index (χ4n) is 15.2. The second-order valence-corrected chi connectivity index (χ2v) is 27.7. The number of nitrogens with zero attached hydrogens (tertiary/aromatic N) is 2. The summed E-state index contributed by atoms with van der Waals surface area (Å²) in [5.74, 6) is 0. The Balaban J connectivity index is 1.21. The number of aromatic nitrogens is 2. The van der Waals surface area contributed by atoms with Gasteiger partial charge in [-0.1, -0.05) is 223 Å². The van der Waals surface area contributed by atoms with Crippen molar-refractivity contribution in [1.82, 2.24) is 9.13 Å². The van der Waals surface area contributed by atoms with Crippen molar-refractivity contribution in [2.45, 2.75) is 110 Å². The molecule has 3 aliphatic heterocycles. The molecule has 2 nitrogen and oxygen atoms in total. The predicted molar refractivity (Wildman–Crippen MR) is 334 cm³/mol. The quantitative estimate of drug-likeness (QED) is 0.153. The summed E-state index contributed by atoms with van der Waals surface area (Å²) in [6.45, 7) is 28.7. The highest BCUT2D eigenvalue weighted by Crippen LogP contribution is 2.63. The van der Waals surface area contributed by atoms with Crippen molar-refractivity contribution in [2.24, 2.45) is 0 Å². The molecular weight excluding hydrogens is 940 g/mol. The fraction of sp³-hybridized carbons (Fsp3) is 0.227. The van der Waals surface area contributed by atoms with Crippen molar-refractivity contribution in [1.29, 1.82) is 0 Å². The van der Waals surface area contributed by atoms with Crippen LogP contribution in [0.15, 0.2) is 176 Å². The van der Waals surface area contributed by atoms with Crippen LogP contribution in [0, 0.1) is 0 Å². The Morgan fingerprint density at radius 3 is 1.41 bits per heavy atom. The minimum atomic E-state index is -0.645. The van der Waals surface area contributed by atoms with Gasteiger partial charge in [0.2, 0.25) is 0 Å². The van der Waals surface area contributed by atoms with Crippen molar-refractivity contribution in [3.63, 3.8) is 0 Å². The zero-order chi connectivity index (χ0) is 53.5. The Bertz CT molecular complexity index is 4650. The molecule has 2 aromatic heterocycles. The monoisotopic (exact) mass is 1000 g/mol. The van der Waals surface area contributed by atoms with Gasteiger partial charge in [0, 0.05) is 43.8 Å². The molecule has 1 spiro atoms. The van der Waals surface area contributed by atoms with Gasteiger partial charge in [0.05, 0.1) is 22.1 Å². The summed E-state index contributed by atoms with van der Waals surface area (Å²) >= 11 is 0. The number of rotatable bonds is 2. The molecular formula is C75H65BN2. The van der Waals surface area contributed by atoms with Gasteiger partial charge >= 0.3 is 0 Å². The average Bonchev–Trinajstić information content (AvgIpc) is 2.99. The Hall–Kier alpha value is -7.88. The number of hydrogen-bond acceptors (Lipinski definition) is 0. The van der Waals surface area contributed by atoms with Gasteiger partial charge in [-0.15, -0.1) is 0 Å². The molecule has 5 heterocycles. The second-order valence-electron chi connectivity index (χ2n) is 27.7. The summed E-state index contributed by atoms with van der Waals surface area (Å²) in [7, 11) is 0. The van der Waals surface area contributed by atoms with Gasteiger partial charge in [-0.3, -0.25) is 0 Å². The first-order chi connectivity index (χ1) is 37.2. The van der Waals surface area contributed by atoms with E-state index in [1.165, 1.54) is 160 Å². The SMILES string of the molecule is CC(C)(C)c1ccc2c(c1)c1cc(C(C)(C)C)cc3c1n2-c1c(-c2cccc4c(-c5ccccc5)cccc24)cc2c4c1B3c1cc(C(C)(C)C)cc3c5cc(C(C)(C)C)cc(c5n-4c13)C21c2ccccc2-c2ccccc21. The lowest BCUT2D eigenvalue weighted by molar-refractivity contribution is 0.588. The molecule has 0 saturated carbocycles. The van der Waals surface area contributed by atoms with Crippen LogP contribution in [0.3, 0.4) is 0 Å². The highest BCUT2D eigenvalue weighted by molar-refractivity contribution is 7.00. The van der Waals surface area contributed by atoms with Crippen LogP contribution < -0.4 is 16.4 Å². The van der Waals surface area contributed by atoms with Gasteiger partial charge < -0.3 is 9.13 Å². The van der Waals surface area contributed by atoms with Gasteiger partial charge in [-0.2, -0.15) is 0 Å². The maximum atomic E-state index is 2.81. The topological polar surface area (TPSA) is 9.86 Å². The lowest BCUT2D eigenvalue weighted by Gasteiger charge is -2.45. The summed E-state index contributed by atoms with van der Waals surface area (Å²) < 4.78 is 5.57. The van der Waals surface area contributed by atoms with Crippen LogP contribution in [0.1, 0.15) is 128 Å². The second kappa shape index (κ2) is 14.8. The first-order valence-corrected chi connectivity index (χ1v) is 28.5. The molecule has 378 valence electrons. The van der Waals surface area contributed by atoms with Crippen molar-refractivity contribution in [2.75, 3.05) is 0 Å². The van der Waals surface area contributed by atoms with Crippen LogP contribution in [-0.4, -0.2) is 15.8 Å². The first kappa shape index (κ1) is 46.2. The van der Waals surface area contributed by atoms with Gasteiger partial charge in [-0.05, 0) is 158 Å². The van der Waals surface area contributed by atoms with E-state index in [9.17, 15) is 0 Å². The van der Waals surface area contributed by atoms with Gasteiger partial charge in [-0.25, -0.2) is 0 Å². The lowest BCUT2D eigenvalue weighted by Crippen LogP contribution is -2.61. The molecule has 0 bridgehead atoms. The molecule has 78 heavy (non-hydrogen) atoms. The third kappa shape index (κ3) is 5.75. The summed E-state index contributed by atoms with van der Waals surface area (Å²) in [5, 5.41) is 7.93. The molecule has 0 radical (unpaired) electrons. The molecule has 0 fully saturated rings. The van der Waals surface area contributed by atoms with Crippen molar-refractivity contribution >= 4 is 77.5 Å². The smallest absolute Gasteiger partial charge is 0.252 e. The predicted octanol–water partition coefficient (Wildman–Crippen LogP) is 17.4. The van der Waals surface area contributed by atoms with E-state index >= 15 is 0 Å². The largest absolute Gasteiger partial charge is 0.310 e. The molecule has 0 saturated heterocycles. The minimum absolute atomic E-state index is 0.0311. The van der Waals surface area contributed by atoms with E-state index in [2.05, 4.69) is 268 Å². The number of hydrogen-bond donors (Lipinski definition) is 0. The summed E-state index contributed by atoms with van der Waals surface area (Å²) in [6.07, 6.45) is 0. The lowest BCUT2D eigenvalue weighted by atomic mass is 9.33. The van der Waals surface area contributed by atoms with E-state index in [0.717, 1.165) is 0 Å². The molecule has 4 aliphatic rings. The maximum absolute atomic E-state index is 2.81. The molecule has 3 heteroatoms. The third-order valence-corrected chi connectivity index (χ3v) is 19.1. The summed E-state index contributed by atoms with van der Waals surface area (Å²) in [6, 6.07) is 69.8. The first-order valence-electron chi connectivity index (χ1n) is 28.5. The molecule has 0 amide bonds. The highest BCUT2D eigenvalue weighted by Gasteiger charge is 2.55. The van der Waals surface area contributed by atoms with Crippen LogP contribution in [0.4, 0.5) is 0 Å². The Morgan fingerprint density at radius 1 is 0.321 bits per heavy atom. The third-order valence-electron chi connectivity index (χ3n) is 19.1. The summed E-state index contributed by atoms with van der Waals surface area (Å²) in [4.78, 5) is 0. The molecule has 12 aromatic rings. The molecule has 10 aromatic carbocycles. The van der Waals surface area contributed by atoms with Crippen LogP contribution in [0.5, 0.6) is 0 Å². The van der Waals surface area contributed by atoms with Crippen LogP contribution in [-0.2, 0) is 27.1 Å². The van der Waals surface area contributed by atoms with E-state index in [-0.39, 0.29) is 28.4 Å². The Labute approximate surface area is 459 Å². The van der Waals surface area contributed by atoms with Crippen molar-refractivity contribution in [3.8, 4) is 44.8 Å². The van der Waals surface area contributed by atoms with Crippen LogP contribution >= 0.6 is 0 Å². The summed E-state index contributed by atoms with van der Waals surface area (Å²) in [5.41, 5.74) is 29.9. The molecule has 0 atom stereocenters. The zero-order valence-corrected chi connectivity index (χ0v) is 47.2. The molecule has 1 aliphatic carbocycles. The van der Waals surface area contributed by atoms with E-state index in [0.29, 0.717) is 0 Å². The fourth-order valence-corrected chi connectivity index (χ4v) is 15.2. The average molecular weight is 1010 g/mol. The zero-order valence-electron chi connectivity index (χ0n) is 47.2. The van der Waals surface area contributed by atoms with E-state index in [1.54, 1.807) is 0 Å². The van der Waals surface area contributed by atoms with Gasteiger partial charge in [0.15, 0.2) is 0 Å². The van der Waals surface area contributed by atoms with Gasteiger partial charge in [0.1, 0.15) is 0 Å². The van der Waals surface area contributed by atoms with E-state index in [1.807, 2.05) is 0 Å². The normalized spacial score (nSPS) is 14.7. The van der Waals surface area contributed by atoms with E-state index in [4.69, 9.17) is 0 Å². The van der Waals surface area contributed by atoms with Crippen molar-refractivity contribution in [3.05, 3.63) is 220 Å². The van der Waals surface area contributed by atoms with Crippen LogP contribution in [0.25, 0.3) is 99.1 Å². The molecule has 16 rings (SSSR count).